The molecule has 0 radical (unpaired) electrons. The van der Waals surface area contributed by atoms with Crippen LogP contribution in [0.3, 0.4) is 0 Å². The minimum absolute atomic E-state index is 0.144. The van der Waals surface area contributed by atoms with Crippen LogP contribution in [0.2, 0.25) is 0 Å². The van der Waals surface area contributed by atoms with Crippen LogP contribution in [0.1, 0.15) is 31.2 Å². The van der Waals surface area contributed by atoms with Gasteiger partial charge in [-0.25, -0.2) is 9.18 Å². The lowest BCUT2D eigenvalue weighted by atomic mass is 9.93. The Morgan fingerprint density at radius 3 is 2.37 bits per heavy atom. The summed E-state index contributed by atoms with van der Waals surface area (Å²) in [6.07, 6.45) is -0.943. The number of halogens is 4. The summed E-state index contributed by atoms with van der Waals surface area (Å²) in [6.45, 7) is 0.283. The van der Waals surface area contributed by atoms with Gasteiger partial charge in [0.25, 0.3) is 0 Å². The molecule has 2 aromatic rings. The van der Waals surface area contributed by atoms with Gasteiger partial charge in [-0.15, -0.1) is 0 Å². The van der Waals surface area contributed by atoms with Gasteiger partial charge in [-0.1, -0.05) is 12.1 Å². The molecule has 4 nitrogen and oxygen atoms in total. The van der Waals surface area contributed by atoms with Gasteiger partial charge in [0.05, 0.1) is 17.9 Å². The minimum atomic E-state index is -4.44. The number of ether oxygens (including phenoxy) is 1. The molecule has 2 fully saturated rings. The molecule has 8 heteroatoms. The molecule has 0 saturated carbocycles. The molecule has 0 spiro atoms. The normalized spacial score (nSPS) is 23.3. The van der Waals surface area contributed by atoms with E-state index in [9.17, 15) is 22.4 Å². The van der Waals surface area contributed by atoms with E-state index in [2.05, 4.69) is 10.6 Å². The zero-order chi connectivity index (χ0) is 21.3. The highest BCUT2D eigenvalue weighted by molar-refractivity contribution is 5.91. The van der Waals surface area contributed by atoms with Crippen LogP contribution in [0.15, 0.2) is 42.5 Å². The quantitative estimate of drug-likeness (QED) is 0.632. The predicted molar refractivity (Wildman–Crippen MR) is 104 cm³/mol. The molecule has 1 amide bonds. The lowest BCUT2D eigenvalue weighted by Gasteiger charge is -2.28. The lowest BCUT2D eigenvalue weighted by Crippen LogP contribution is -2.39. The monoisotopic (exact) mass is 422 g/mol. The average Bonchev–Trinajstić information content (AvgIpc) is 3.04. The third-order valence-electron chi connectivity index (χ3n) is 5.76. The van der Waals surface area contributed by atoms with E-state index in [1.165, 1.54) is 24.3 Å². The van der Waals surface area contributed by atoms with Crippen LogP contribution in [-0.4, -0.2) is 24.8 Å². The van der Waals surface area contributed by atoms with Crippen LogP contribution >= 0.6 is 0 Å². The Kier molecular flexibility index (Phi) is 5.69. The van der Waals surface area contributed by atoms with Gasteiger partial charge in [0.15, 0.2) is 0 Å². The number of fused-ring (bicyclic) bond motifs is 2. The van der Waals surface area contributed by atoms with E-state index in [1.807, 2.05) is 0 Å². The van der Waals surface area contributed by atoms with Crippen molar-refractivity contribution >= 4 is 11.8 Å². The Balaban J connectivity index is 1.43. The maximum atomic E-state index is 13.8. The number of carbonyl (C=O) groups excluding carboxylic acids is 1. The number of hydrogen-bond acceptors (Lipinski definition) is 3. The van der Waals surface area contributed by atoms with Gasteiger partial charge in [-0.05, 0) is 67.5 Å². The minimum Gasteiger partial charge on any atom is -0.449 e. The highest BCUT2D eigenvalue weighted by atomic mass is 19.4. The molecule has 2 heterocycles. The second-order valence-corrected chi connectivity index (χ2v) is 7.96. The van der Waals surface area contributed by atoms with Gasteiger partial charge in [0, 0.05) is 17.6 Å². The summed E-state index contributed by atoms with van der Waals surface area (Å²) in [5, 5.41) is 6.06. The van der Waals surface area contributed by atoms with Crippen molar-refractivity contribution in [1.29, 1.82) is 0 Å². The van der Waals surface area contributed by atoms with Crippen LogP contribution in [0.4, 0.5) is 28.0 Å². The summed E-state index contributed by atoms with van der Waals surface area (Å²) in [7, 11) is 0. The molecule has 2 aromatic carbocycles. The molecule has 2 aliphatic rings. The molecule has 2 N–H and O–H groups in total. The Morgan fingerprint density at radius 1 is 1.07 bits per heavy atom. The largest absolute Gasteiger partial charge is 0.449 e. The van der Waals surface area contributed by atoms with E-state index < -0.39 is 23.7 Å². The molecule has 0 aliphatic carbocycles. The van der Waals surface area contributed by atoms with Crippen LogP contribution in [0.5, 0.6) is 0 Å². The summed E-state index contributed by atoms with van der Waals surface area (Å²) in [4.78, 5) is 12.3. The van der Waals surface area contributed by atoms with Crippen molar-refractivity contribution in [3.63, 3.8) is 0 Å². The average molecular weight is 422 g/mol. The summed E-state index contributed by atoms with van der Waals surface area (Å²) < 4.78 is 57.5. The van der Waals surface area contributed by atoms with E-state index >= 15 is 0 Å². The van der Waals surface area contributed by atoms with Gasteiger partial charge >= 0.3 is 12.3 Å². The van der Waals surface area contributed by atoms with Gasteiger partial charge in [-0.3, -0.25) is 5.32 Å². The first-order valence-corrected chi connectivity index (χ1v) is 9.95. The number of piperidine rings is 1. The topological polar surface area (TPSA) is 50.4 Å². The fraction of sp³-hybridized carbons (Fsp3) is 0.409. The van der Waals surface area contributed by atoms with Crippen molar-refractivity contribution < 1.29 is 27.1 Å². The second kappa shape index (κ2) is 8.26. The fourth-order valence-corrected chi connectivity index (χ4v) is 4.36. The smallest absolute Gasteiger partial charge is 0.416 e. The van der Waals surface area contributed by atoms with E-state index in [1.54, 1.807) is 0 Å². The molecule has 2 atom stereocenters. The number of hydrogen-bond donors (Lipinski definition) is 2. The van der Waals surface area contributed by atoms with E-state index in [0.29, 0.717) is 23.2 Å². The summed E-state index contributed by atoms with van der Waals surface area (Å²) in [6, 6.07) is 9.17. The molecule has 2 saturated heterocycles. The third kappa shape index (κ3) is 4.75. The molecular formula is C22H22F4N2O2. The molecule has 2 bridgehead atoms. The predicted octanol–water partition coefficient (Wildman–Crippen LogP) is 5.59. The zero-order valence-electron chi connectivity index (χ0n) is 16.1. The maximum absolute atomic E-state index is 13.8. The van der Waals surface area contributed by atoms with Gasteiger partial charge in [0.1, 0.15) is 5.82 Å². The van der Waals surface area contributed by atoms with Gasteiger partial charge in [-0.2, -0.15) is 13.2 Å². The Morgan fingerprint density at radius 2 is 1.73 bits per heavy atom. The van der Waals surface area contributed by atoms with Crippen LogP contribution in [0.25, 0.3) is 11.1 Å². The molecule has 4 rings (SSSR count). The van der Waals surface area contributed by atoms with Crippen molar-refractivity contribution in [1.82, 2.24) is 5.32 Å². The van der Waals surface area contributed by atoms with E-state index in [0.717, 1.165) is 43.9 Å². The molecule has 30 heavy (non-hydrogen) atoms. The van der Waals surface area contributed by atoms with Gasteiger partial charge < -0.3 is 10.1 Å². The number of benzene rings is 2. The van der Waals surface area contributed by atoms with E-state index in [-0.39, 0.29) is 18.2 Å². The standard InChI is InChI=1S/C22H22F4N2O2/c23-16-5-8-19(14-1-3-15(4-2-14)22(24,25)26)20(11-16)28-21(29)30-12-13-9-17-6-7-18(10-13)27-17/h1-5,8,11,13,17-18,27H,6-7,9-10,12H2,(H,28,29). The Hall–Kier alpha value is -2.61. The molecule has 160 valence electrons. The Labute approximate surface area is 171 Å². The summed E-state index contributed by atoms with van der Waals surface area (Å²) in [5.74, 6) is -0.285. The molecule has 2 aliphatic heterocycles. The number of nitrogens with one attached hydrogen (secondary N) is 2. The van der Waals surface area contributed by atoms with Crippen LogP contribution in [0, 0.1) is 11.7 Å². The fourth-order valence-electron chi connectivity index (χ4n) is 4.36. The number of carbonyl (C=O) groups is 1. The maximum Gasteiger partial charge on any atom is 0.416 e. The molecule has 0 aromatic heterocycles. The van der Waals surface area contributed by atoms with E-state index in [4.69, 9.17) is 4.74 Å². The number of alkyl halides is 3. The highest BCUT2D eigenvalue weighted by Gasteiger charge is 2.34. The highest BCUT2D eigenvalue weighted by Crippen LogP contribution is 2.34. The van der Waals surface area contributed by atoms with Crippen molar-refractivity contribution in [2.24, 2.45) is 5.92 Å². The first-order valence-electron chi connectivity index (χ1n) is 9.95. The second-order valence-electron chi connectivity index (χ2n) is 7.96. The third-order valence-corrected chi connectivity index (χ3v) is 5.76. The summed E-state index contributed by atoms with van der Waals surface area (Å²) >= 11 is 0. The van der Waals surface area contributed by atoms with Crippen molar-refractivity contribution in [2.45, 2.75) is 43.9 Å². The zero-order valence-corrected chi connectivity index (χ0v) is 16.1. The van der Waals surface area contributed by atoms with Crippen molar-refractivity contribution in [3.05, 3.63) is 53.8 Å². The number of rotatable bonds is 4. The first-order chi connectivity index (χ1) is 14.3. The van der Waals surface area contributed by atoms with Crippen molar-refractivity contribution in [2.75, 3.05) is 11.9 Å². The first kappa shape index (κ1) is 20.7. The lowest BCUT2D eigenvalue weighted by molar-refractivity contribution is -0.137. The number of amides is 1. The van der Waals surface area contributed by atoms with Crippen LogP contribution < -0.4 is 10.6 Å². The number of anilines is 1. The van der Waals surface area contributed by atoms with Crippen molar-refractivity contribution in [3.8, 4) is 11.1 Å². The summed E-state index contributed by atoms with van der Waals surface area (Å²) in [5.41, 5.74) is 0.193. The molecule has 2 unspecified atom stereocenters. The van der Waals surface area contributed by atoms with Crippen LogP contribution in [-0.2, 0) is 10.9 Å². The SMILES string of the molecule is O=C(Nc1cc(F)ccc1-c1ccc(C(F)(F)F)cc1)OCC1CC2CCC(C1)N2. The van der Waals surface area contributed by atoms with Gasteiger partial charge in [0.2, 0.25) is 0 Å². The molecular weight excluding hydrogens is 400 g/mol. The Bertz CT molecular complexity index is 902.